The van der Waals surface area contributed by atoms with Gasteiger partial charge in [-0.2, -0.15) is 0 Å². The van der Waals surface area contributed by atoms with Crippen LogP contribution < -0.4 is 5.32 Å². The molecule has 0 atom stereocenters. The molecule has 0 fully saturated rings. The number of pyridine rings is 1. The highest BCUT2D eigenvalue weighted by atomic mass is 16.1. The number of hydrogen-bond donors (Lipinski definition) is 1. The van der Waals surface area contributed by atoms with E-state index < -0.39 is 0 Å². The molecule has 2 aromatic rings. The van der Waals surface area contributed by atoms with Crippen LogP contribution in [0.5, 0.6) is 0 Å². The average Bonchev–Trinajstić information content (AvgIpc) is 2.19. The molecule has 1 amide bonds. The lowest BCUT2D eigenvalue weighted by Gasteiger charge is -2.05. The van der Waals surface area contributed by atoms with Gasteiger partial charge in [0.25, 0.3) is 0 Å². The van der Waals surface area contributed by atoms with Gasteiger partial charge in [0, 0.05) is 17.3 Å². The number of aromatic nitrogens is 1. The molecule has 0 spiro atoms. The highest BCUT2D eigenvalue weighted by Crippen LogP contribution is 2.21. The van der Waals surface area contributed by atoms with Crippen molar-refractivity contribution in [2.75, 3.05) is 5.32 Å². The fraction of sp³-hybridized carbons (Fsp3) is 0.0909. The summed E-state index contributed by atoms with van der Waals surface area (Å²) in [6.07, 6.45) is 2.44. The fourth-order valence-electron chi connectivity index (χ4n) is 1.44. The summed E-state index contributed by atoms with van der Waals surface area (Å²) in [5.41, 5.74) is 2.80. The molecule has 1 heterocycles. The maximum absolute atomic E-state index is 10.3. The maximum atomic E-state index is 10.3. The van der Waals surface area contributed by atoms with E-state index in [4.69, 9.17) is 0 Å². The Hall–Kier alpha value is -1.90. The van der Waals surface area contributed by atoms with E-state index in [-0.39, 0.29) is 0 Å². The van der Waals surface area contributed by atoms with E-state index in [2.05, 4.69) is 10.3 Å². The van der Waals surface area contributed by atoms with Crippen LogP contribution >= 0.6 is 0 Å². The molecule has 0 saturated heterocycles. The van der Waals surface area contributed by atoms with E-state index in [1.807, 2.05) is 31.2 Å². The van der Waals surface area contributed by atoms with Crippen molar-refractivity contribution in [2.45, 2.75) is 6.92 Å². The number of anilines is 1. The van der Waals surface area contributed by atoms with Gasteiger partial charge in [0.05, 0.1) is 5.52 Å². The van der Waals surface area contributed by atoms with Crippen molar-refractivity contribution >= 4 is 23.0 Å². The van der Waals surface area contributed by atoms with Crippen molar-refractivity contribution < 1.29 is 4.79 Å². The van der Waals surface area contributed by atoms with Crippen molar-refractivity contribution in [3.63, 3.8) is 0 Å². The Morgan fingerprint density at radius 1 is 1.43 bits per heavy atom. The first-order valence-electron chi connectivity index (χ1n) is 4.37. The molecule has 3 heteroatoms. The first-order valence-corrected chi connectivity index (χ1v) is 4.37. The van der Waals surface area contributed by atoms with Crippen LogP contribution in [0.3, 0.4) is 0 Å². The Morgan fingerprint density at radius 2 is 2.29 bits per heavy atom. The average molecular weight is 186 g/mol. The van der Waals surface area contributed by atoms with Crippen LogP contribution in [0, 0.1) is 6.92 Å². The van der Waals surface area contributed by atoms with Crippen LogP contribution in [0.2, 0.25) is 0 Å². The number of hydrogen-bond acceptors (Lipinski definition) is 2. The quantitative estimate of drug-likeness (QED) is 0.730. The molecule has 14 heavy (non-hydrogen) atoms. The van der Waals surface area contributed by atoms with Gasteiger partial charge in [0.2, 0.25) is 6.41 Å². The summed E-state index contributed by atoms with van der Waals surface area (Å²) in [4.78, 5) is 14.6. The molecule has 0 radical (unpaired) electrons. The molecular weight excluding hydrogens is 176 g/mol. The van der Waals surface area contributed by atoms with Crippen molar-refractivity contribution in [3.05, 3.63) is 36.0 Å². The number of nitrogens with zero attached hydrogens (tertiary/aromatic N) is 1. The Labute approximate surface area is 81.8 Å². The normalized spacial score (nSPS) is 10.1. The second kappa shape index (κ2) is 3.46. The van der Waals surface area contributed by atoms with Crippen LogP contribution in [0.25, 0.3) is 10.9 Å². The second-order valence-electron chi connectivity index (χ2n) is 3.13. The van der Waals surface area contributed by atoms with Gasteiger partial charge >= 0.3 is 0 Å². The summed E-state index contributed by atoms with van der Waals surface area (Å²) < 4.78 is 0. The molecule has 70 valence electrons. The van der Waals surface area contributed by atoms with Crippen LogP contribution in [-0.2, 0) is 4.79 Å². The number of aryl methyl sites for hydroxylation is 1. The lowest BCUT2D eigenvalue weighted by atomic mass is 10.1. The first-order chi connectivity index (χ1) is 6.81. The number of nitrogens with one attached hydrogen (secondary N) is 1. The van der Waals surface area contributed by atoms with Gasteiger partial charge in [0.1, 0.15) is 0 Å². The minimum absolute atomic E-state index is 0.685. The Morgan fingerprint density at radius 3 is 3.07 bits per heavy atom. The molecule has 2 rings (SSSR count). The van der Waals surface area contributed by atoms with E-state index in [9.17, 15) is 4.79 Å². The lowest BCUT2D eigenvalue weighted by molar-refractivity contribution is -0.105. The standard InChI is InChI=1S/C11H10N2O/c1-8-5-11-9(3-2-4-12-11)6-10(8)13-7-14/h2-7H,1H3,(H,13,14). The Kier molecular flexibility index (Phi) is 2.14. The van der Waals surface area contributed by atoms with E-state index in [0.29, 0.717) is 6.41 Å². The van der Waals surface area contributed by atoms with Gasteiger partial charge in [-0.25, -0.2) is 0 Å². The molecule has 1 N–H and O–H groups in total. The molecule has 0 aliphatic heterocycles. The predicted molar refractivity (Wildman–Crippen MR) is 56.2 cm³/mol. The summed E-state index contributed by atoms with van der Waals surface area (Å²) in [6.45, 7) is 1.94. The number of benzene rings is 1. The number of carbonyl (C=O) groups is 1. The summed E-state index contributed by atoms with van der Waals surface area (Å²) in [7, 11) is 0. The van der Waals surface area contributed by atoms with Gasteiger partial charge in [-0.1, -0.05) is 6.07 Å². The molecule has 0 unspecified atom stereocenters. The molecule has 3 nitrogen and oxygen atoms in total. The van der Waals surface area contributed by atoms with E-state index in [1.54, 1.807) is 6.20 Å². The van der Waals surface area contributed by atoms with E-state index >= 15 is 0 Å². The predicted octanol–water partition coefficient (Wildman–Crippen LogP) is 2.11. The topological polar surface area (TPSA) is 42.0 Å². The summed E-state index contributed by atoms with van der Waals surface area (Å²) in [5.74, 6) is 0. The van der Waals surface area contributed by atoms with Gasteiger partial charge in [0.15, 0.2) is 0 Å². The second-order valence-corrected chi connectivity index (χ2v) is 3.13. The third-order valence-corrected chi connectivity index (χ3v) is 2.16. The molecule has 1 aromatic carbocycles. The van der Waals surface area contributed by atoms with Crippen molar-refractivity contribution in [2.24, 2.45) is 0 Å². The number of amides is 1. The van der Waals surface area contributed by atoms with E-state index in [0.717, 1.165) is 22.2 Å². The Bertz CT molecular complexity index is 480. The monoisotopic (exact) mass is 186 g/mol. The van der Waals surface area contributed by atoms with Crippen LogP contribution in [0.4, 0.5) is 5.69 Å². The molecule has 1 aromatic heterocycles. The van der Waals surface area contributed by atoms with Crippen molar-refractivity contribution in [1.82, 2.24) is 4.98 Å². The van der Waals surface area contributed by atoms with Crippen LogP contribution in [-0.4, -0.2) is 11.4 Å². The third kappa shape index (κ3) is 1.44. The lowest BCUT2D eigenvalue weighted by Crippen LogP contribution is -1.96. The first kappa shape index (κ1) is 8.69. The number of rotatable bonds is 2. The zero-order valence-corrected chi connectivity index (χ0v) is 7.82. The molecule has 0 aliphatic carbocycles. The van der Waals surface area contributed by atoms with Crippen molar-refractivity contribution in [1.29, 1.82) is 0 Å². The smallest absolute Gasteiger partial charge is 0.211 e. The Balaban J connectivity index is 2.64. The molecular formula is C11H10N2O. The SMILES string of the molecule is Cc1cc2ncccc2cc1NC=O. The molecule has 0 bridgehead atoms. The van der Waals surface area contributed by atoms with Gasteiger partial charge in [-0.15, -0.1) is 0 Å². The highest BCUT2D eigenvalue weighted by Gasteiger charge is 2.00. The van der Waals surface area contributed by atoms with Gasteiger partial charge in [-0.3, -0.25) is 9.78 Å². The largest absolute Gasteiger partial charge is 0.328 e. The zero-order valence-electron chi connectivity index (χ0n) is 7.82. The van der Waals surface area contributed by atoms with Crippen LogP contribution in [0.1, 0.15) is 5.56 Å². The van der Waals surface area contributed by atoms with Crippen LogP contribution in [0.15, 0.2) is 30.5 Å². The molecule has 0 saturated carbocycles. The fourth-order valence-corrected chi connectivity index (χ4v) is 1.44. The van der Waals surface area contributed by atoms with E-state index in [1.165, 1.54) is 0 Å². The summed E-state index contributed by atoms with van der Waals surface area (Å²) in [6, 6.07) is 7.73. The van der Waals surface area contributed by atoms with Crippen molar-refractivity contribution in [3.8, 4) is 0 Å². The molecule has 0 aliphatic rings. The maximum Gasteiger partial charge on any atom is 0.211 e. The number of fused-ring (bicyclic) bond motifs is 1. The summed E-state index contributed by atoms with van der Waals surface area (Å²) >= 11 is 0. The van der Waals surface area contributed by atoms with Gasteiger partial charge < -0.3 is 5.32 Å². The summed E-state index contributed by atoms with van der Waals surface area (Å²) in [5, 5.41) is 3.69. The zero-order chi connectivity index (χ0) is 9.97. The number of carbonyl (C=O) groups excluding carboxylic acids is 1. The highest BCUT2D eigenvalue weighted by molar-refractivity contribution is 5.87. The van der Waals surface area contributed by atoms with Gasteiger partial charge in [-0.05, 0) is 30.7 Å². The minimum Gasteiger partial charge on any atom is -0.328 e. The third-order valence-electron chi connectivity index (χ3n) is 2.16. The minimum atomic E-state index is 0.685.